The van der Waals surface area contributed by atoms with E-state index in [1.54, 1.807) is 24.3 Å². The number of amides is 1. The Labute approximate surface area is 282 Å². The van der Waals surface area contributed by atoms with E-state index in [1.165, 1.54) is 23.1 Å². The maximum atomic E-state index is 12.3. The van der Waals surface area contributed by atoms with Crippen LogP contribution in [0.4, 0.5) is 5.69 Å². The number of carbonyl (C=O) groups is 1. The Morgan fingerprint density at radius 2 is 1.79 bits per heavy atom. The summed E-state index contributed by atoms with van der Waals surface area (Å²) in [5, 5.41) is 4.29. The number of allylic oxidation sites excluding steroid dienone is 2. The minimum absolute atomic E-state index is 0.0644. The molecule has 6 rings (SSSR count). The van der Waals surface area contributed by atoms with E-state index < -0.39 is 9.84 Å². The number of piperidine rings is 1. The fourth-order valence-corrected chi connectivity index (χ4v) is 7.22. The molecule has 3 heterocycles. The topological polar surface area (TPSA) is 79.0 Å². The summed E-state index contributed by atoms with van der Waals surface area (Å²) >= 11 is 6.18. The average Bonchev–Trinajstić information content (AvgIpc) is 3.45. The Bertz CT molecular complexity index is 1870. The molecule has 0 radical (unpaired) electrons. The number of hydrogen-bond donors (Lipinski definition) is 1. The number of anilines is 1. The van der Waals surface area contributed by atoms with Gasteiger partial charge >= 0.3 is 0 Å². The number of carbonyl (C=O) groups excluding carboxylic acids is 1. The van der Waals surface area contributed by atoms with Crippen molar-refractivity contribution in [1.82, 2.24) is 10.2 Å². The van der Waals surface area contributed by atoms with Gasteiger partial charge in [0.25, 0.3) is 0 Å². The van der Waals surface area contributed by atoms with Gasteiger partial charge in [0, 0.05) is 61.2 Å². The average molecular weight is 670 g/mol. The summed E-state index contributed by atoms with van der Waals surface area (Å²) in [4.78, 5) is 16.9. The number of sulfone groups is 1. The second-order valence-electron chi connectivity index (χ2n) is 12.5. The Hall–Kier alpha value is -4.27. The number of nitrogens with zero attached hydrogens (tertiary/aromatic N) is 2. The molecular formula is C38H40ClN3O4S. The van der Waals surface area contributed by atoms with Crippen molar-refractivity contribution in [1.29, 1.82) is 0 Å². The van der Waals surface area contributed by atoms with Crippen molar-refractivity contribution < 1.29 is 17.9 Å². The zero-order valence-electron chi connectivity index (χ0n) is 26.7. The lowest BCUT2D eigenvalue weighted by atomic mass is 9.96. The summed E-state index contributed by atoms with van der Waals surface area (Å²) < 4.78 is 30.4. The minimum Gasteiger partial charge on any atom is -0.455 e. The number of fused-ring (bicyclic) bond motifs is 1. The molecule has 0 saturated carbocycles. The standard InChI is InChI=1S/C38H40ClN3O4S/c1-26-21-37(46-36-15-14-33(24-34(26)36)47(3,44)45)27(2)40-32(22-28-10-12-31(39)13-11-28)23-29-16-19-41(20-17-29)35-8-5-4-7-30(35)25-42-18-6-9-38(42)43/h4-5,7-8,10-15,21,23-24,32,40H,1-2,6,9,16-20,22,25H2,3H3. The van der Waals surface area contributed by atoms with Gasteiger partial charge in [0.1, 0.15) is 5.75 Å². The minimum atomic E-state index is -3.36. The van der Waals surface area contributed by atoms with Gasteiger partial charge in [-0.3, -0.25) is 4.79 Å². The van der Waals surface area contributed by atoms with E-state index in [0.717, 1.165) is 50.9 Å². The molecule has 7 nitrogen and oxygen atoms in total. The van der Waals surface area contributed by atoms with Crippen LogP contribution in [0.2, 0.25) is 5.02 Å². The van der Waals surface area contributed by atoms with Gasteiger partial charge in [0.05, 0.1) is 10.6 Å². The number of likely N-dealkylation sites (tertiary alicyclic amines) is 1. The number of nitrogens with one attached hydrogen (secondary N) is 1. The number of para-hydroxylation sites is 1. The highest BCUT2D eigenvalue weighted by molar-refractivity contribution is 7.90. The van der Waals surface area contributed by atoms with E-state index in [0.29, 0.717) is 46.3 Å². The highest BCUT2D eigenvalue weighted by atomic mass is 35.5. The molecular weight excluding hydrogens is 630 g/mol. The van der Waals surface area contributed by atoms with Crippen LogP contribution in [0.3, 0.4) is 0 Å². The molecule has 3 aromatic rings. The lowest BCUT2D eigenvalue weighted by Crippen LogP contribution is -2.34. The molecule has 3 aliphatic heterocycles. The van der Waals surface area contributed by atoms with E-state index in [1.807, 2.05) is 29.2 Å². The SMILES string of the molecule is C=C(NC(C=C1CCN(c2ccccc2CN2CCCC2=O)CC1)Cc1ccc(Cl)cc1)C1=CC(=C)c2cc(S(C)(=O)=O)ccc2O1. The molecule has 1 amide bonds. The molecule has 0 aliphatic carbocycles. The highest BCUT2D eigenvalue weighted by Gasteiger charge is 2.25. The van der Waals surface area contributed by atoms with Crippen LogP contribution in [-0.4, -0.2) is 51.2 Å². The molecule has 47 heavy (non-hydrogen) atoms. The lowest BCUT2D eigenvalue weighted by Gasteiger charge is -2.33. The van der Waals surface area contributed by atoms with Crippen molar-refractivity contribution in [3.8, 4) is 5.75 Å². The van der Waals surface area contributed by atoms with Crippen LogP contribution in [0.5, 0.6) is 5.75 Å². The third kappa shape index (κ3) is 7.83. The molecule has 9 heteroatoms. The van der Waals surface area contributed by atoms with E-state index in [2.05, 4.69) is 53.7 Å². The third-order valence-electron chi connectivity index (χ3n) is 8.98. The lowest BCUT2D eigenvalue weighted by molar-refractivity contribution is -0.128. The number of halogens is 1. The quantitative estimate of drug-likeness (QED) is 0.232. The summed E-state index contributed by atoms with van der Waals surface area (Å²) in [5.74, 6) is 1.32. The summed E-state index contributed by atoms with van der Waals surface area (Å²) in [6, 6.07) is 21.1. The van der Waals surface area contributed by atoms with Crippen LogP contribution < -0.4 is 15.0 Å². The number of hydrogen-bond acceptors (Lipinski definition) is 6. The van der Waals surface area contributed by atoms with Crippen molar-refractivity contribution in [3.05, 3.63) is 131 Å². The Kier molecular flexibility index (Phi) is 9.62. The zero-order valence-corrected chi connectivity index (χ0v) is 28.2. The summed E-state index contributed by atoms with van der Waals surface area (Å²) in [6.07, 6.45) is 9.45. The van der Waals surface area contributed by atoms with Crippen LogP contribution in [0.15, 0.2) is 114 Å². The molecule has 1 unspecified atom stereocenters. The van der Waals surface area contributed by atoms with Gasteiger partial charge in [-0.15, -0.1) is 0 Å². The maximum absolute atomic E-state index is 12.3. The highest BCUT2D eigenvalue weighted by Crippen LogP contribution is 2.36. The Balaban J connectivity index is 1.17. The number of benzene rings is 3. The first-order chi connectivity index (χ1) is 22.5. The van der Waals surface area contributed by atoms with Crippen LogP contribution in [0.1, 0.15) is 42.4 Å². The van der Waals surface area contributed by atoms with Crippen LogP contribution in [0.25, 0.3) is 5.57 Å². The summed E-state index contributed by atoms with van der Waals surface area (Å²) in [5.41, 5.74) is 6.83. The predicted octanol–water partition coefficient (Wildman–Crippen LogP) is 7.10. The van der Waals surface area contributed by atoms with Gasteiger partial charge < -0.3 is 19.9 Å². The second kappa shape index (κ2) is 13.8. The molecule has 1 atom stereocenters. The van der Waals surface area contributed by atoms with Gasteiger partial charge in [-0.1, -0.05) is 66.7 Å². The molecule has 2 fully saturated rings. The van der Waals surface area contributed by atoms with Gasteiger partial charge in [-0.25, -0.2) is 8.42 Å². The van der Waals surface area contributed by atoms with E-state index >= 15 is 0 Å². The maximum Gasteiger partial charge on any atom is 0.222 e. The largest absolute Gasteiger partial charge is 0.455 e. The molecule has 3 aliphatic rings. The summed E-state index contributed by atoms with van der Waals surface area (Å²) in [7, 11) is -3.36. The van der Waals surface area contributed by atoms with Gasteiger partial charge in [0.2, 0.25) is 5.91 Å². The van der Waals surface area contributed by atoms with Gasteiger partial charge in [0.15, 0.2) is 15.6 Å². The van der Waals surface area contributed by atoms with Gasteiger partial charge in [-0.2, -0.15) is 0 Å². The number of ether oxygens (including phenoxy) is 1. The monoisotopic (exact) mass is 669 g/mol. The fourth-order valence-electron chi connectivity index (χ4n) is 6.45. The predicted molar refractivity (Wildman–Crippen MR) is 189 cm³/mol. The first-order valence-electron chi connectivity index (χ1n) is 16.0. The Morgan fingerprint density at radius 3 is 2.49 bits per heavy atom. The van der Waals surface area contributed by atoms with Crippen molar-refractivity contribution in [2.75, 3.05) is 30.8 Å². The Morgan fingerprint density at radius 1 is 1.04 bits per heavy atom. The van der Waals surface area contributed by atoms with Crippen molar-refractivity contribution in [2.45, 2.75) is 49.6 Å². The first-order valence-corrected chi connectivity index (χ1v) is 18.2. The van der Waals surface area contributed by atoms with Crippen molar-refractivity contribution >= 4 is 38.6 Å². The van der Waals surface area contributed by atoms with Crippen LogP contribution in [0, 0.1) is 0 Å². The number of rotatable bonds is 10. The molecule has 3 aromatic carbocycles. The zero-order chi connectivity index (χ0) is 33.1. The third-order valence-corrected chi connectivity index (χ3v) is 10.3. The molecule has 0 aromatic heterocycles. The molecule has 0 bridgehead atoms. The first kappa shape index (κ1) is 32.7. The normalized spacial score (nSPS) is 17.1. The molecule has 1 N–H and O–H groups in total. The van der Waals surface area contributed by atoms with Crippen LogP contribution in [-0.2, 0) is 27.6 Å². The van der Waals surface area contributed by atoms with E-state index in [9.17, 15) is 13.2 Å². The van der Waals surface area contributed by atoms with Crippen molar-refractivity contribution in [2.24, 2.45) is 0 Å². The molecule has 0 spiro atoms. The molecule has 2 saturated heterocycles. The van der Waals surface area contributed by atoms with Gasteiger partial charge in [-0.05, 0) is 84.9 Å². The second-order valence-corrected chi connectivity index (χ2v) is 14.9. The summed E-state index contributed by atoms with van der Waals surface area (Å²) in [6.45, 7) is 11.8. The smallest absolute Gasteiger partial charge is 0.222 e. The van der Waals surface area contributed by atoms with E-state index in [-0.39, 0.29) is 16.8 Å². The fraction of sp³-hybridized carbons (Fsp3) is 0.289. The van der Waals surface area contributed by atoms with Crippen LogP contribution >= 0.6 is 11.6 Å². The van der Waals surface area contributed by atoms with E-state index in [4.69, 9.17) is 16.3 Å². The van der Waals surface area contributed by atoms with Crippen molar-refractivity contribution in [3.63, 3.8) is 0 Å². The molecule has 244 valence electrons.